The third kappa shape index (κ3) is 3.59. The molecule has 2 aromatic carbocycles. The van der Waals surface area contributed by atoms with Gasteiger partial charge in [0.15, 0.2) is 5.82 Å². The predicted octanol–water partition coefficient (Wildman–Crippen LogP) is 5.16. The fourth-order valence-corrected chi connectivity index (χ4v) is 4.46. The molecule has 4 rings (SSSR count). The third-order valence-electron chi connectivity index (χ3n) is 5.89. The molecule has 0 aliphatic carbocycles. The van der Waals surface area contributed by atoms with Gasteiger partial charge >= 0.3 is 0 Å². The van der Waals surface area contributed by atoms with Gasteiger partial charge in [0.1, 0.15) is 0 Å². The summed E-state index contributed by atoms with van der Waals surface area (Å²) in [6.45, 7) is 8.27. The van der Waals surface area contributed by atoms with E-state index in [0.29, 0.717) is 5.02 Å². The van der Waals surface area contributed by atoms with Gasteiger partial charge in [-0.3, -0.25) is 0 Å². The molecule has 1 aliphatic rings. The van der Waals surface area contributed by atoms with Crippen LogP contribution in [-0.4, -0.2) is 35.1 Å². The Kier molecular flexibility index (Phi) is 5.58. The second kappa shape index (κ2) is 8.17. The summed E-state index contributed by atoms with van der Waals surface area (Å²) >= 11 is 6.84. The Morgan fingerprint density at radius 3 is 2.53 bits per heavy atom. The number of anilines is 2. The Morgan fingerprint density at radius 1 is 1.10 bits per heavy atom. The number of aromatic nitrogens is 2. The minimum atomic E-state index is 0.675. The first kappa shape index (κ1) is 20.5. The summed E-state index contributed by atoms with van der Waals surface area (Å²) in [6, 6.07) is 12.2. The zero-order chi connectivity index (χ0) is 21.4. The first-order chi connectivity index (χ1) is 14.4. The molecule has 30 heavy (non-hydrogen) atoms. The van der Waals surface area contributed by atoms with Gasteiger partial charge in [0.2, 0.25) is 0 Å². The van der Waals surface area contributed by atoms with E-state index in [1.165, 1.54) is 11.3 Å². The van der Waals surface area contributed by atoms with Crippen LogP contribution in [0.1, 0.15) is 22.8 Å². The van der Waals surface area contributed by atoms with E-state index in [4.69, 9.17) is 16.6 Å². The Balaban J connectivity index is 1.66. The number of halogens is 1. The highest BCUT2D eigenvalue weighted by Crippen LogP contribution is 2.38. The average molecular weight is 422 g/mol. The average Bonchev–Trinajstić information content (AvgIpc) is 3.06. The SMILES string of the molecule is C=C(Nc1cccc(-c2cccc(NC)c2C)c1Cl)c1nc2c(n1C)CCN(C)C2. The molecule has 1 aliphatic heterocycles. The highest BCUT2D eigenvalue weighted by Gasteiger charge is 2.22. The number of rotatable bonds is 5. The van der Waals surface area contributed by atoms with Gasteiger partial charge in [-0.15, -0.1) is 0 Å². The van der Waals surface area contributed by atoms with E-state index in [1.807, 2.05) is 31.3 Å². The summed E-state index contributed by atoms with van der Waals surface area (Å²) < 4.78 is 2.15. The van der Waals surface area contributed by atoms with Crippen molar-refractivity contribution in [1.29, 1.82) is 0 Å². The predicted molar refractivity (Wildman–Crippen MR) is 127 cm³/mol. The van der Waals surface area contributed by atoms with Crippen LogP contribution in [0.2, 0.25) is 5.02 Å². The first-order valence-corrected chi connectivity index (χ1v) is 10.5. The molecule has 0 spiro atoms. The summed E-state index contributed by atoms with van der Waals surface area (Å²) in [7, 11) is 6.12. The Hall–Kier alpha value is -2.76. The van der Waals surface area contributed by atoms with Crippen LogP contribution in [0.3, 0.4) is 0 Å². The molecule has 0 bridgehead atoms. The molecule has 0 atom stereocenters. The second-order valence-electron chi connectivity index (χ2n) is 7.87. The molecular weight excluding hydrogens is 394 g/mol. The highest BCUT2D eigenvalue weighted by atomic mass is 35.5. The van der Waals surface area contributed by atoms with Gasteiger partial charge in [0.05, 0.1) is 22.1 Å². The molecule has 0 unspecified atom stereocenters. The molecule has 0 radical (unpaired) electrons. The van der Waals surface area contributed by atoms with Crippen molar-refractivity contribution in [3.05, 3.63) is 70.8 Å². The lowest BCUT2D eigenvalue weighted by Gasteiger charge is -2.21. The quantitative estimate of drug-likeness (QED) is 0.597. The molecule has 1 aromatic heterocycles. The molecule has 2 N–H and O–H groups in total. The van der Waals surface area contributed by atoms with Crippen molar-refractivity contribution in [3.8, 4) is 11.1 Å². The number of nitrogens with one attached hydrogen (secondary N) is 2. The first-order valence-electron chi connectivity index (χ1n) is 10.2. The molecular formula is C24H28ClN5. The number of likely N-dealkylation sites (N-methyl/N-ethyl adjacent to an activating group) is 1. The van der Waals surface area contributed by atoms with E-state index < -0.39 is 0 Å². The summed E-state index contributed by atoms with van der Waals surface area (Å²) in [5.74, 6) is 0.852. The van der Waals surface area contributed by atoms with Crippen molar-refractivity contribution < 1.29 is 0 Å². The van der Waals surface area contributed by atoms with Crippen LogP contribution in [0.15, 0.2) is 43.0 Å². The zero-order valence-electron chi connectivity index (χ0n) is 18.0. The lowest BCUT2D eigenvalue weighted by atomic mass is 9.98. The van der Waals surface area contributed by atoms with Crippen molar-refractivity contribution >= 4 is 28.7 Å². The maximum Gasteiger partial charge on any atom is 0.156 e. The number of fused-ring (bicyclic) bond motifs is 1. The topological polar surface area (TPSA) is 45.1 Å². The van der Waals surface area contributed by atoms with Crippen LogP contribution in [0.4, 0.5) is 11.4 Å². The van der Waals surface area contributed by atoms with E-state index in [9.17, 15) is 0 Å². The van der Waals surface area contributed by atoms with Gasteiger partial charge in [-0.25, -0.2) is 4.98 Å². The molecule has 0 saturated heterocycles. The molecule has 0 amide bonds. The number of imidazole rings is 1. The van der Waals surface area contributed by atoms with Crippen molar-refractivity contribution in [2.75, 3.05) is 31.3 Å². The van der Waals surface area contributed by atoms with Crippen LogP contribution in [0.25, 0.3) is 16.8 Å². The van der Waals surface area contributed by atoms with E-state index >= 15 is 0 Å². The second-order valence-corrected chi connectivity index (χ2v) is 8.25. The fourth-order valence-electron chi connectivity index (χ4n) is 4.18. The number of benzene rings is 2. The lowest BCUT2D eigenvalue weighted by molar-refractivity contribution is 0.305. The largest absolute Gasteiger partial charge is 0.388 e. The van der Waals surface area contributed by atoms with E-state index in [-0.39, 0.29) is 0 Å². The molecule has 2 heterocycles. The smallest absolute Gasteiger partial charge is 0.156 e. The van der Waals surface area contributed by atoms with Crippen LogP contribution >= 0.6 is 11.6 Å². The van der Waals surface area contributed by atoms with Crippen molar-refractivity contribution in [3.63, 3.8) is 0 Å². The fraction of sp³-hybridized carbons (Fsp3) is 0.292. The van der Waals surface area contributed by atoms with Crippen molar-refractivity contribution in [2.45, 2.75) is 19.9 Å². The molecule has 3 aromatic rings. The normalized spacial score (nSPS) is 13.8. The van der Waals surface area contributed by atoms with Crippen molar-refractivity contribution in [2.24, 2.45) is 7.05 Å². The van der Waals surface area contributed by atoms with Gasteiger partial charge in [0.25, 0.3) is 0 Å². The maximum absolute atomic E-state index is 6.84. The summed E-state index contributed by atoms with van der Waals surface area (Å²) in [6.07, 6.45) is 1.000. The third-order valence-corrected chi connectivity index (χ3v) is 6.30. The minimum absolute atomic E-state index is 0.675. The highest BCUT2D eigenvalue weighted by molar-refractivity contribution is 6.36. The van der Waals surface area contributed by atoms with E-state index in [0.717, 1.165) is 59.2 Å². The number of nitrogens with zero attached hydrogens (tertiary/aromatic N) is 3. The van der Waals surface area contributed by atoms with Crippen LogP contribution in [0, 0.1) is 6.92 Å². The molecule has 156 valence electrons. The van der Waals surface area contributed by atoms with E-state index in [2.05, 4.69) is 59.8 Å². The van der Waals surface area contributed by atoms with Gasteiger partial charge in [-0.1, -0.05) is 42.4 Å². The number of hydrogen-bond acceptors (Lipinski definition) is 4. The summed E-state index contributed by atoms with van der Waals surface area (Å²) in [5.41, 5.74) is 8.34. The van der Waals surface area contributed by atoms with Crippen molar-refractivity contribution in [1.82, 2.24) is 14.5 Å². The van der Waals surface area contributed by atoms with Crippen LogP contribution < -0.4 is 10.6 Å². The Labute approximate surface area is 183 Å². The van der Waals surface area contributed by atoms with E-state index in [1.54, 1.807) is 0 Å². The standard InChI is InChI=1S/C24H28ClN5/c1-15-17(8-6-10-19(15)26-3)18-9-7-11-20(23(18)25)27-16(2)24-28-21-14-29(4)13-12-22(21)30(24)5/h6-11,26-27H,2,12-14H2,1,3-5H3. The minimum Gasteiger partial charge on any atom is -0.388 e. The van der Waals surface area contributed by atoms with Gasteiger partial charge in [-0.2, -0.15) is 0 Å². The molecule has 5 nitrogen and oxygen atoms in total. The number of hydrogen-bond donors (Lipinski definition) is 2. The van der Waals surface area contributed by atoms with Gasteiger partial charge in [-0.05, 0) is 37.2 Å². The molecule has 0 saturated carbocycles. The lowest BCUT2D eigenvalue weighted by Crippen LogP contribution is -2.27. The zero-order valence-corrected chi connectivity index (χ0v) is 18.8. The summed E-state index contributed by atoms with van der Waals surface area (Å²) in [5, 5.41) is 7.32. The van der Waals surface area contributed by atoms with Gasteiger partial charge < -0.3 is 20.1 Å². The maximum atomic E-state index is 6.84. The van der Waals surface area contributed by atoms with Gasteiger partial charge in [0, 0.05) is 50.6 Å². The molecule has 6 heteroatoms. The van der Waals surface area contributed by atoms with Crippen LogP contribution in [-0.2, 0) is 20.0 Å². The summed E-state index contributed by atoms with van der Waals surface area (Å²) in [4.78, 5) is 7.14. The van der Waals surface area contributed by atoms with Crippen LogP contribution in [0.5, 0.6) is 0 Å². The Bertz CT molecular complexity index is 1120. The monoisotopic (exact) mass is 421 g/mol. The Morgan fingerprint density at radius 2 is 1.80 bits per heavy atom. The molecule has 0 fully saturated rings.